The fraction of sp³-hybridized carbons (Fsp3) is 0.433. The molecule has 1 aliphatic rings. The van der Waals surface area contributed by atoms with Gasteiger partial charge in [-0.2, -0.15) is 0 Å². The third-order valence-corrected chi connectivity index (χ3v) is 6.77. The zero-order valence-electron chi connectivity index (χ0n) is 23.6. The van der Waals surface area contributed by atoms with Gasteiger partial charge in [0.2, 0.25) is 11.8 Å². The van der Waals surface area contributed by atoms with Gasteiger partial charge in [-0.15, -0.1) is 6.58 Å². The van der Waals surface area contributed by atoms with Crippen LogP contribution in [-0.4, -0.2) is 58.4 Å². The molecular formula is C30H39N5O5. The van der Waals surface area contributed by atoms with Gasteiger partial charge in [-0.1, -0.05) is 44.7 Å². The molecule has 1 aliphatic heterocycles. The molecule has 3 N–H and O–H groups in total. The largest absolute Gasteiger partial charge is 0.457 e. The van der Waals surface area contributed by atoms with Gasteiger partial charge in [-0.25, -0.2) is 10.4 Å². The van der Waals surface area contributed by atoms with Gasteiger partial charge >= 0.3 is 5.97 Å². The van der Waals surface area contributed by atoms with Crippen LogP contribution in [0.1, 0.15) is 64.3 Å². The van der Waals surface area contributed by atoms with E-state index in [0.29, 0.717) is 19.4 Å². The number of fused-ring (bicyclic) bond motifs is 1. The summed E-state index contributed by atoms with van der Waals surface area (Å²) in [4.78, 5) is 55.5. The third kappa shape index (κ3) is 7.75. The number of nitrogens with one attached hydrogen (secondary N) is 3. The summed E-state index contributed by atoms with van der Waals surface area (Å²) in [7, 11) is 0. The van der Waals surface area contributed by atoms with Crippen LogP contribution in [0.25, 0.3) is 17.0 Å². The summed E-state index contributed by atoms with van der Waals surface area (Å²) < 4.78 is 5.74. The first-order chi connectivity index (χ1) is 19.0. The van der Waals surface area contributed by atoms with Crippen molar-refractivity contribution in [3.8, 4) is 0 Å². The lowest BCUT2D eigenvalue weighted by Crippen LogP contribution is -2.61. The smallest absolute Gasteiger partial charge is 0.325 e. The number of benzene rings is 1. The van der Waals surface area contributed by atoms with Crippen LogP contribution in [0.4, 0.5) is 0 Å². The van der Waals surface area contributed by atoms with Crippen LogP contribution in [0, 0.1) is 5.92 Å². The molecule has 1 fully saturated rings. The van der Waals surface area contributed by atoms with Crippen LogP contribution < -0.4 is 16.1 Å². The topological polar surface area (TPSA) is 130 Å². The summed E-state index contributed by atoms with van der Waals surface area (Å²) in [5, 5.41) is 7.68. The monoisotopic (exact) mass is 549 g/mol. The highest BCUT2D eigenvalue weighted by atomic mass is 16.5. The molecule has 10 nitrogen and oxygen atoms in total. The maximum absolute atomic E-state index is 13.1. The number of hydrogen-bond donors (Lipinski definition) is 3. The Morgan fingerprint density at radius 1 is 1.12 bits per heavy atom. The molecular weight excluding hydrogens is 510 g/mol. The lowest BCUT2D eigenvalue weighted by Gasteiger charge is -2.35. The summed E-state index contributed by atoms with van der Waals surface area (Å²) in [6.45, 7) is 14.6. The summed E-state index contributed by atoms with van der Waals surface area (Å²) in [6, 6.07) is 7.17. The van der Waals surface area contributed by atoms with Gasteiger partial charge in [-0.05, 0) is 56.4 Å². The van der Waals surface area contributed by atoms with Crippen LogP contribution in [0.2, 0.25) is 0 Å². The number of esters is 1. The molecule has 4 atom stereocenters. The average Bonchev–Trinajstić information content (AvgIpc) is 2.94. The second kappa shape index (κ2) is 13.8. The molecule has 1 aromatic heterocycles. The molecule has 2 heterocycles. The maximum atomic E-state index is 13.1. The van der Waals surface area contributed by atoms with Crippen molar-refractivity contribution in [3.63, 3.8) is 0 Å². The number of rotatable bonds is 11. The molecule has 3 rings (SSSR count). The van der Waals surface area contributed by atoms with Crippen LogP contribution in [0.15, 0.2) is 49.6 Å². The molecule has 4 unspecified atom stereocenters. The Kier molecular flexibility index (Phi) is 10.6. The fourth-order valence-corrected chi connectivity index (χ4v) is 4.45. The van der Waals surface area contributed by atoms with Crippen molar-refractivity contribution in [1.82, 2.24) is 26.1 Å². The van der Waals surface area contributed by atoms with Crippen LogP contribution >= 0.6 is 0 Å². The molecule has 214 valence electrons. The van der Waals surface area contributed by atoms with Gasteiger partial charge in [-0.3, -0.25) is 24.2 Å². The number of carbonyl (C=O) groups excluding carboxylic acids is 4. The number of ether oxygens (including phenoxy) is 1. The minimum atomic E-state index is -0.878. The van der Waals surface area contributed by atoms with Crippen molar-refractivity contribution in [2.24, 2.45) is 5.92 Å². The van der Waals surface area contributed by atoms with E-state index in [1.165, 1.54) is 11.1 Å². The van der Waals surface area contributed by atoms with Crippen molar-refractivity contribution in [1.29, 1.82) is 0 Å². The van der Waals surface area contributed by atoms with Gasteiger partial charge < -0.3 is 15.4 Å². The summed E-state index contributed by atoms with van der Waals surface area (Å²) in [5.74, 6) is -1.83. The lowest BCUT2D eigenvalue weighted by atomic mass is 10.0. The Bertz CT molecular complexity index is 1280. The molecule has 0 aliphatic carbocycles. The van der Waals surface area contributed by atoms with Gasteiger partial charge in [0.05, 0.1) is 11.2 Å². The Hall–Kier alpha value is -4.05. The molecule has 2 aromatic rings. The molecule has 1 saturated heterocycles. The Morgan fingerprint density at radius 2 is 1.85 bits per heavy atom. The maximum Gasteiger partial charge on any atom is 0.325 e. The van der Waals surface area contributed by atoms with E-state index in [1.807, 2.05) is 30.3 Å². The van der Waals surface area contributed by atoms with Crippen LogP contribution in [-0.2, 0) is 23.9 Å². The van der Waals surface area contributed by atoms with Crippen LogP contribution in [0.5, 0.6) is 0 Å². The van der Waals surface area contributed by atoms with E-state index in [2.05, 4.69) is 34.2 Å². The summed E-state index contributed by atoms with van der Waals surface area (Å²) in [6.07, 6.45) is 3.79. The predicted molar refractivity (Wildman–Crippen MR) is 153 cm³/mol. The Labute approximate surface area is 235 Å². The van der Waals surface area contributed by atoms with Crippen molar-refractivity contribution >= 4 is 40.7 Å². The fourth-order valence-electron chi connectivity index (χ4n) is 4.45. The van der Waals surface area contributed by atoms with Crippen LogP contribution in [0.3, 0.4) is 0 Å². The van der Waals surface area contributed by atoms with Crippen molar-refractivity contribution in [3.05, 3.63) is 60.8 Å². The van der Waals surface area contributed by atoms with Crippen molar-refractivity contribution in [2.75, 3.05) is 6.54 Å². The number of nitrogens with zero attached hydrogens (tertiary/aromatic N) is 2. The third-order valence-electron chi connectivity index (χ3n) is 6.77. The highest BCUT2D eigenvalue weighted by molar-refractivity contribution is 5.92. The zero-order valence-corrected chi connectivity index (χ0v) is 23.6. The number of aromatic nitrogens is 1. The number of amides is 3. The van der Waals surface area contributed by atoms with Crippen molar-refractivity contribution in [2.45, 2.75) is 71.2 Å². The molecule has 0 spiro atoms. The first-order valence-corrected chi connectivity index (χ1v) is 13.6. The molecule has 40 heavy (non-hydrogen) atoms. The second-order valence-corrected chi connectivity index (χ2v) is 10.3. The molecule has 0 bridgehead atoms. The number of pyridine rings is 1. The standard InChI is InChI=1S/C30H39N5O5/c1-7-10-26(36)33-27(18(3)4)28(37)31-19(5)29(38)35-16-9-11-24(34-35)30(39)40-20(6)22-13-12-21-14-15-23(8-2)32-25(21)17-22/h7-8,12-15,17-20,24,27,34H,1-2,9-11,16H2,3-6H3,(H,31,37)(H,33,36). The number of carbonyl (C=O) groups is 4. The van der Waals surface area contributed by atoms with Gasteiger partial charge in [0.25, 0.3) is 5.91 Å². The molecule has 0 radical (unpaired) electrons. The number of hydrogen-bond acceptors (Lipinski definition) is 7. The molecule has 1 aromatic carbocycles. The van der Waals surface area contributed by atoms with E-state index in [-0.39, 0.29) is 18.2 Å². The van der Waals surface area contributed by atoms with E-state index in [9.17, 15) is 19.2 Å². The van der Waals surface area contributed by atoms with Gasteiger partial charge in [0, 0.05) is 18.4 Å². The van der Waals surface area contributed by atoms with E-state index in [1.54, 1.807) is 33.8 Å². The van der Waals surface area contributed by atoms with E-state index >= 15 is 0 Å². The molecule has 0 saturated carbocycles. The summed E-state index contributed by atoms with van der Waals surface area (Å²) >= 11 is 0. The lowest BCUT2D eigenvalue weighted by molar-refractivity contribution is -0.157. The second-order valence-electron chi connectivity index (χ2n) is 10.3. The highest BCUT2D eigenvalue weighted by Crippen LogP contribution is 2.23. The molecule has 10 heteroatoms. The Balaban J connectivity index is 1.59. The first-order valence-electron chi connectivity index (χ1n) is 13.6. The minimum Gasteiger partial charge on any atom is -0.457 e. The van der Waals surface area contributed by atoms with Gasteiger partial charge in [0.15, 0.2) is 0 Å². The zero-order chi connectivity index (χ0) is 29.4. The predicted octanol–water partition coefficient (Wildman–Crippen LogP) is 3.20. The first kappa shape index (κ1) is 30.5. The minimum absolute atomic E-state index is 0.0901. The SMILES string of the molecule is C=CCC(=O)NC(C(=O)NC(C)C(=O)N1CCCC(C(=O)OC(C)c2ccc3ccc(C=C)nc3c2)N1)C(C)C. The van der Waals surface area contributed by atoms with E-state index in [4.69, 9.17) is 4.74 Å². The van der Waals surface area contributed by atoms with Gasteiger partial charge in [0.1, 0.15) is 24.2 Å². The quantitative estimate of drug-likeness (QED) is 0.290. The number of hydrazine groups is 1. The summed E-state index contributed by atoms with van der Waals surface area (Å²) in [5.41, 5.74) is 5.30. The van der Waals surface area contributed by atoms with Crippen molar-refractivity contribution < 1.29 is 23.9 Å². The average molecular weight is 550 g/mol. The van der Waals surface area contributed by atoms with E-state index < -0.39 is 42.0 Å². The Morgan fingerprint density at radius 3 is 2.52 bits per heavy atom. The highest BCUT2D eigenvalue weighted by Gasteiger charge is 2.33. The van der Waals surface area contributed by atoms with E-state index in [0.717, 1.165) is 22.2 Å². The molecule has 3 amide bonds. The normalized spacial score (nSPS) is 17.4.